The Hall–Kier alpha value is -4.25. The van der Waals surface area contributed by atoms with Crippen molar-refractivity contribution in [2.45, 2.75) is 18.2 Å². The van der Waals surface area contributed by atoms with Gasteiger partial charge in [0.1, 0.15) is 11.6 Å². The predicted octanol–water partition coefficient (Wildman–Crippen LogP) is 5.19. The Morgan fingerprint density at radius 3 is 2.43 bits per heavy atom. The van der Waals surface area contributed by atoms with Crippen molar-refractivity contribution in [1.82, 2.24) is 14.8 Å². The van der Waals surface area contributed by atoms with Gasteiger partial charge in [0.05, 0.1) is 10.7 Å². The fraction of sp³-hybridized carbons (Fsp3) is 0.125. The summed E-state index contributed by atoms with van der Waals surface area (Å²) in [7, 11) is 0. The van der Waals surface area contributed by atoms with Gasteiger partial charge >= 0.3 is 0 Å². The smallest absolute Gasteiger partial charge is 0.269 e. The number of aromatic nitrogens is 3. The highest BCUT2D eigenvalue weighted by Gasteiger charge is 2.21. The molecule has 0 aliphatic heterocycles. The molecule has 1 aromatic heterocycles. The van der Waals surface area contributed by atoms with E-state index in [9.17, 15) is 19.3 Å². The number of nitrogens with one attached hydrogen (secondary N) is 1. The minimum absolute atomic E-state index is 0.0369. The topological polar surface area (TPSA) is 112 Å². The van der Waals surface area contributed by atoms with Crippen LogP contribution in [0.3, 0.4) is 0 Å². The molecular weight excluding hydrogens is 473 g/mol. The number of halogens is 1. The summed E-state index contributed by atoms with van der Waals surface area (Å²) in [6.45, 7) is 1.81. The maximum absolute atomic E-state index is 13.2. The molecule has 1 amide bonds. The third-order valence-electron chi connectivity index (χ3n) is 4.86. The number of hydrogen-bond donors (Lipinski definition) is 1. The minimum atomic E-state index is -0.517. The average molecular weight is 494 g/mol. The lowest BCUT2D eigenvalue weighted by Crippen LogP contribution is -2.15. The number of thioether (sulfide) groups is 1. The van der Waals surface area contributed by atoms with Gasteiger partial charge in [0.25, 0.3) is 5.69 Å². The molecule has 0 radical (unpaired) electrons. The molecule has 1 atom stereocenters. The minimum Gasteiger partial charge on any atom is -0.483 e. The SMILES string of the molecule is CC(Oc1ccc(F)cc1)c1nnc(SCC(=O)Nc2ccc([N+](=O)[O-])cc2)n1-c1ccccc1. The fourth-order valence-corrected chi connectivity index (χ4v) is 3.98. The maximum atomic E-state index is 13.2. The van der Waals surface area contributed by atoms with E-state index in [2.05, 4.69) is 15.5 Å². The van der Waals surface area contributed by atoms with Crippen LogP contribution in [0.25, 0.3) is 5.69 Å². The van der Waals surface area contributed by atoms with Gasteiger partial charge in [0.15, 0.2) is 17.1 Å². The quantitative estimate of drug-likeness (QED) is 0.194. The number of rotatable bonds is 9. The fourth-order valence-electron chi connectivity index (χ4n) is 3.22. The van der Waals surface area contributed by atoms with Crippen LogP contribution in [0.2, 0.25) is 0 Å². The van der Waals surface area contributed by atoms with Gasteiger partial charge in [-0.1, -0.05) is 30.0 Å². The first-order valence-corrected chi connectivity index (χ1v) is 11.5. The molecule has 0 fully saturated rings. The van der Waals surface area contributed by atoms with Crippen molar-refractivity contribution in [3.8, 4) is 11.4 Å². The number of amides is 1. The molecule has 0 aliphatic carbocycles. The van der Waals surface area contributed by atoms with Crippen LogP contribution in [0.15, 0.2) is 84.0 Å². The highest BCUT2D eigenvalue weighted by Crippen LogP contribution is 2.28. The molecule has 0 aliphatic rings. The molecule has 1 N–H and O–H groups in total. The molecule has 178 valence electrons. The second-order valence-electron chi connectivity index (χ2n) is 7.37. The van der Waals surface area contributed by atoms with Gasteiger partial charge in [-0.2, -0.15) is 0 Å². The molecule has 11 heteroatoms. The maximum Gasteiger partial charge on any atom is 0.269 e. The van der Waals surface area contributed by atoms with Gasteiger partial charge in [0, 0.05) is 23.5 Å². The van der Waals surface area contributed by atoms with Gasteiger partial charge in [-0.15, -0.1) is 10.2 Å². The number of non-ortho nitro benzene ring substituents is 1. The first kappa shape index (κ1) is 23.9. The molecule has 1 heterocycles. The second kappa shape index (κ2) is 10.8. The lowest BCUT2D eigenvalue weighted by Gasteiger charge is -2.16. The van der Waals surface area contributed by atoms with Crippen molar-refractivity contribution >= 4 is 29.0 Å². The summed E-state index contributed by atoms with van der Waals surface area (Å²) in [5.74, 6) is 0.374. The number of carbonyl (C=O) groups is 1. The van der Waals surface area contributed by atoms with Gasteiger partial charge in [-0.25, -0.2) is 4.39 Å². The van der Waals surface area contributed by atoms with E-state index in [1.807, 2.05) is 37.3 Å². The molecule has 35 heavy (non-hydrogen) atoms. The number of carbonyl (C=O) groups excluding carboxylic acids is 1. The number of nitro groups is 1. The third-order valence-corrected chi connectivity index (χ3v) is 5.79. The Morgan fingerprint density at radius 1 is 1.09 bits per heavy atom. The Bertz CT molecular complexity index is 1310. The summed E-state index contributed by atoms with van der Waals surface area (Å²) >= 11 is 1.19. The average Bonchev–Trinajstić information content (AvgIpc) is 3.29. The number of nitrogens with zero attached hydrogens (tertiary/aromatic N) is 4. The van der Waals surface area contributed by atoms with Crippen LogP contribution in [0.4, 0.5) is 15.8 Å². The van der Waals surface area contributed by atoms with E-state index in [-0.39, 0.29) is 23.2 Å². The van der Waals surface area contributed by atoms with Crippen LogP contribution in [-0.4, -0.2) is 31.3 Å². The van der Waals surface area contributed by atoms with E-state index in [1.54, 1.807) is 4.57 Å². The number of nitro benzene ring substituents is 1. The highest BCUT2D eigenvalue weighted by atomic mass is 32.2. The zero-order valence-corrected chi connectivity index (χ0v) is 19.3. The van der Waals surface area contributed by atoms with Gasteiger partial charge in [-0.05, 0) is 55.5 Å². The van der Waals surface area contributed by atoms with Crippen molar-refractivity contribution in [1.29, 1.82) is 0 Å². The van der Waals surface area contributed by atoms with E-state index >= 15 is 0 Å². The van der Waals surface area contributed by atoms with Crippen LogP contribution in [-0.2, 0) is 4.79 Å². The van der Waals surface area contributed by atoms with E-state index < -0.39 is 11.0 Å². The highest BCUT2D eigenvalue weighted by molar-refractivity contribution is 7.99. The summed E-state index contributed by atoms with van der Waals surface area (Å²) in [6, 6.07) is 20.7. The van der Waals surface area contributed by atoms with Gasteiger partial charge < -0.3 is 10.1 Å². The molecule has 0 spiro atoms. The molecule has 4 rings (SSSR count). The number of ether oxygens (including phenoxy) is 1. The standard InChI is InChI=1S/C24H20FN5O4S/c1-16(34-21-13-7-17(25)8-14-21)23-27-28-24(29(23)19-5-3-2-4-6-19)35-15-22(31)26-18-9-11-20(12-10-18)30(32)33/h2-14,16H,15H2,1H3,(H,26,31). The Kier molecular flexibility index (Phi) is 7.36. The molecule has 0 saturated heterocycles. The Labute approximate surface area is 204 Å². The third kappa shape index (κ3) is 6.01. The van der Waals surface area contributed by atoms with Crippen molar-refractivity contribution in [3.63, 3.8) is 0 Å². The van der Waals surface area contributed by atoms with Crippen LogP contribution in [0, 0.1) is 15.9 Å². The molecule has 3 aromatic carbocycles. The van der Waals surface area contributed by atoms with Crippen molar-refractivity contribution in [2.75, 3.05) is 11.1 Å². The molecule has 1 unspecified atom stereocenters. The zero-order chi connectivity index (χ0) is 24.8. The number of benzene rings is 3. The lowest BCUT2D eigenvalue weighted by atomic mass is 10.3. The van der Waals surface area contributed by atoms with Crippen LogP contribution >= 0.6 is 11.8 Å². The van der Waals surface area contributed by atoms with Crippen molar-refractivity contribution < 1.29 is 18.8 Å². The molecule has 4 aromatic rings. The molecule has 0 bridgehead atoms. The summed E-state index contributed by atoms with van der Waals surface area (Å²) in [5, 5.41) is 22.5. The molecule has 9 nitrogen and oxygen atoms in total. The zero-order valence-electron chi connectivity index (χ0n) is 18.5. The first-order chi connectivity index (χ1) is 16.9. The summed E-state index contributed by atoms with van der Waals surface area (Å²) in [4.78, 5) is 22.8. The summed E-state index contributed by atoms with van der Waals surface area (Å²) in [5.41, 5.74) is 1.19. The van der Waals surface area contributed by atoms with E-state index in [0.717, 1.165) is 5.69 Å². The van der Waals surface area contributed by atoms with Gasteiger partial charge in [-0.3, -0.25) is 19.5 Å². The summed E-state index contributed by atoms with van der Waals surface area (Å²) in [6.07, 6.45) is -0.517. The van der Waals surface area contributed by atoms with Crippen molar-refractivity contribution in [3.05, 3.63) is 101 Å². The number of para-hydroxylation sites is 1. The van der Waals surface area contributed by atoms with Crippen LogP contribution in [0.1, 0.15) is 18.9 Å². The van der Waals surface area contributed by atoms with Crippen molar-refractivity contribution in [2.24, 2.45) is 0 Å². The summed E-state index contributed by atoms with van der Waals surface area (Å²) < 4.78 is 21.0. The first-order valence-electron chi connectivity index (χ1n) is 10.5. The monoisotopic (exact) mass is 493 g/mol. The lowest BCUT2D eigenvalue weighted by molar-refractivity contribution is -0.384. The second-order valence-corrected chi connectivity index (χ2v) is 8.31. The normalized spacial score (nSPS) is 11.6. The van der Waals surface area contributed by atoms with E-state index in [4.69, 9.17) is 4.74 Å². The Morgan fingerprint density at radius 2 is 1.77 bits per heavy atom. The van der Waals surface area contributed by atoms with Gasteiger partial charge in [0.2, 0.25) is 5.91 Å². The largest absolute Gasteiger partial charge is 0.483 e. The van der Waals surface area contributed by atoms with Crippen LogP contribution < -0.4 is 10.1 Å². The van der Waals surface area contributed by atoms with Crippen LogP contribution in [0.5, 0.6) is 5.75 Å². The number of anilines is 1. The predicted molar refractivity (Wildman–Crippen MR) is 129 cm³/mol. The molecular formula is C24H20FN5O4S. The Balaban J connectivity index is 1.50. The number of hydrogen-bond acceptors (Lipinski definition) is 7. The van der Waals surface area contributed by atoms with E-state index in [0.29, 0.717) is 22.4 Å². The van der Waals surface area contributed by atoms with E-state index in [1.165, 1.54) is 60.3 Å². The molecule has 0 saturated carbocycles.